The highest BCUT2D eigenvalue weighted by Crippen LogP contribution is 2.39. The van der Waals surface area contributed by atoms with Crippen molar-refractivity contribution in [1.82, 2.24) is 0 Å². The van der Waals surface area contributed by atoms with Crippen molar-refractivity contribution in [3.63, 3.8) is 0 Å². The molecule has 0 heterocycles. The van der Waals surface area contributed by atoms with E-state index in [-0.39, 0.29) is 23.2 Å². The molecule has 8 heteroatoms. The quantitative estimate of drug-likeness (QED) is 0.823. The van der Waals surface area contributed by atoms with E-state index in [1.54, 1.807) is 0 Å². The number of rotatable bonds is 3. The Hall–Kier alpha value is -2.22. The van der Waals surface area contributed by atoms with E-state index in [9.17, 15) is 26.3 Å². The summed E-state index contributed by atoms with van der Waals surface area (Å²) in [5.41, 5.74) is 4.13. The molecule has 124 valence electrons. The van der Waals surface area contributed by atoms with Crippen LogP contribution in [0.1, 0.15) is 11.1 Å². The van der Waals surface area contributed by atoms with Crippen molar-refractivity contribution < 1.29 is 31.1 Å². The molecule has 0 aliphatic carbocycles. The molecule has 2 nitrogen and oxygen atoms in total. The van der Waals surface area contributed by atoms with Crippen LogP contribution in [-0.4, -0.2) is 6.36 Å². The number of ether oxygens (including phenoxy) is 1. The Morgan fingerprint density at radius 3 is 2.13 bits per heavy atom. The first-order valence-electron chi connectivity index (χ1n) is 6.37. The highest BCUT2D eigenvalue weighted by molar-refractivity contribution is 5.70. The second-order valence-electron chi connectivity index (χ2n) is 4.62. The Morgan fingerprint density at radius 2 is 1.57 bits per heavy atom. The lowest BCUT2D eigenvalue weighted by Gasteiger charge is -2.16. The third kappa shape index (κ3) is 4.16. The summed E-state index contributed by atoms with van der Waals surface area (Å²) in [5, 5.41) is 0. The van der Waals surface area contributed by atoms with E-state index in [1.165, 1.54) is 30.3 Å². The van der Waals surface area contributed by atoms with E-state index in [1.807, 2.05) is 0 Å². The minimum absolute atomic E-state index is 0.0376. The average Bonchev–Trinajstić information content (AvgIpc) is 2.44. The monoisotopic (exact) mass is 335 g/mol. The van der Waals surface area contributed by atoms with Crippen molar-refractivity contribution in [3.05, 3.63) is 53.6 Å². The lowest BCUT2D eigenvalue weighted by atomic mass is 9.98. The summed E-state index contributed by atoms with van der Waals surface area (Å²) in [5.74, 6) is -0.616. The van der Waals surface area contributed by atoms with Crippen molar-refractivity contribution in [2.24, 2.45) is 5.73 Å². The fraction of sp³-hybridized carbons (Fsp3) is 0.200. The van der Waals surface area contributed by atoms with Gasteiger partial charge >= 0.3 is 12.5 Å². The second kappa shape index (κ2) is 6.11. The van der Waals surface area contributed by atoms with Crippen LogP contribution in [0.4, 0.5) is 26.3 Å². The zero-order valence-corrected chi connectivity index (χ0v) is 11.5. The largest absolute Gasteiger partial charge is 0.573 e. The maximum Gasteiger partial charge on any atom is 0.573 e. The Labute approximate surface area is 127 Å². The zero-order valence-electron chi connectivity index (χ0n) is 11.5. The van der Waals surface area contributed by atoms with Gasteiger partial charge in [-0.25, -0.2) is 0 Å². The SMILES string of the molecule is NCc1ccc(-c2ccccc2C(F)(F)F)cc1OC(F)(F)F. The summed E-state index contributed by atoms with van der Waals surface area (Å²) in [6, 6.07) is 7.99. The van der Waals surface area contributed by atoms with Gasteiger partial charge in [0.15, 0.2) is 0 Å². The third-order valence-electron chi connectivity index (χ3n) is 3.06. The summed E-state index contributed by atoms with van der Waals surface area (Å²) < 4.78 is 80.2. The summed E-state index contributed by atoms with van der Waals surface area (Å²) in [7, 11) is 0. The summed E-state index contributed by atoms with van der Waals surface area (Å²) in [6.07, 6.45) is -9.60. The highest BCUT2D eigenvalue weighted by atomic mass is 19.4. The van der Waals surface area contributed by atoms with Gasteiger partial charge in [-0.2, -0.15) is 13.2 Å². The molecule has 0 amide bonds. The number of hydrogen-bond acceptors (Lipinski definition) is 2. The Balaban J connectivity index is 2.56. The van der Waals surface area contributed by atoms with E-state index < -0.39 is 23.9 Å². The van der Waals surface area contributed by atoms with Gasteiger partial charge in [-0.15, -0.1) is 13.2 Å². The van der Waals surface area contributed by atoms with Crippen LogP contribution in [-0.2, 0) is 12.7 Å². The maximum absolute atomic E-state index is 13.0. The molecule has 2 aromatic rings. The van der Waals surface area contributed by atoms with Gasteiger partial charge in [0.25, 0.3) is 0 Å². The van der Waals surface area contributed by atoms with E-state index in [2.05, 4.69) is 4.74 Å². The Morgan fingerprint density at radius 1 is 0.913 bits per heavy atom. The van der Waals surface area contributed by atoms with Crippen LogP contribution < -0.4 is 10.5 Å². The standard InChI is InChI=1S/C15H11F6NO/c16-14(17,18)12-4-2-1-3-11(12)9-5-6-10(8-22)13(7-9)23-15(19,20)21/h1-7H,8,22H2. The van der Waals surface area contributed by atoms with Crippen LogP contribution >= 0.6 is 0 Å². The molecular weight excluding hydrogens is 324 g/mol. The van der Waals surface area contributed by atoms with Crippen molar-refractivity contribution in [3.8, 4) is 16.9 Å². The first kappa shape index (κ1) is 17.1. The second-order valence-corrected chi connectivity index (χ2v) is 4.62. The van der Waals surface area contributed by atoms with Crippen LogP contribution in [0.2, 0.25) is 0 Å². The van der Waals surface area contributed by atoms with E-state index >= 15 is 0 Å². The molecule has 0 aliphatic rings. The van der Waals surface area contributed by atoms with Crippen LogP contribution in [0.5, 0.6) is 5.75 Å². The average molecular weight is 335 g/mol. The summed E-state index contributed by atoms with van der Waals surface area (Å²) in [4.78, 5) is 0. The number of nitrogens with two attached hydrogens (primary N) is 1. The molecule has 0 bridgehead atoms. The molecule has 0 spiro atoms. The van der Waals surface area contributed by atoms with E-state index in [0.717, 1.165) is 12.1 Å². The minimum atomic E-state index is -4.97. The molecule has 0 unspecified atom stereocenters. The van der Waals surface area contributed by atoms with Crippen molar-refractivity contribution in [1.29, 1.82) is 0 Å². The predicted octanol–water partition coefficient (Wildman–Crippen LogP) is 4.73. The molecular formula is C15H11F6NO. The molecule has 0 aliphatic heterocycles. The minimum Gasteiger partial charge on any atom is -0.405 e. The van der Waals surface area contributed by atoms with Crippen molar-refractivity contribution in [2.45, 2.75) is 19.1 Å². The molecule has 0 saturated heterocycles. The highest BCUT2D eigenvalue weighted by Gasteiger charge is 2.34. The van der Waals surface area contributed by atoms with Gasteiger partial charge in [-0.05, 0) is 23.3 Å². The molecule has 23 heavy (non-hydrogen) atoms. The Bertz CT molecular complexity index is 693. The van der Waals surface area contributed by atoms with Crippen LogP contribution in [0.15, 0.2) is 42.5 Å². The number of alkyl halides is 6. The normalized spacial score (nSPS) is 12.3. The zero-order chi connectivity index (χ0) is 17.3. The van der Waals surface area contributed by atoms with Gasteiger partial charge < -0.3 is 10.5 Å². The van der Waals surface area contributed by atoms with Gasteiger partial charge in [0.05, 0.1) is 5.56 Å². The van der Waals surface area contributed by atoms with Crippen molar-refractivity contribution >= 4 is 0 Å². The van der Waals surface area contributed by atoms with Crippen LogP contribution in [0.25, 0.3) is 11.1 Å². The fourth-order valence-electron chi connectivity index (χ4n) is 2.09. The third-order valence-corrected chi connectivity index (χ3v) is 3.06. The molecule has 0 atom stereocenters. The molecule has 2 aromatic carbocycles. The summed E-state index contributed by atoms with van der Waals surface area (Å²) >= 11 is 0. The Kier molecular flexibility index (Phi) is 4.56. The molecule has 2 N–H and O–H groups in total. The molecule has 0 saturated carbocycles. The van der Waals surface area contributed by atoms with Crippen LogP contribution in [0.3, 0.4) is 0 Å². The maximum atomic E-state index is 13.0. The lowest BCUT2D eigenvalue weighted by molar-refractivity contribution is -0.274. The molecule has 0 aromatic heterocycles. The number of hydrogen-bond donors (Lipinski definition) is 1. The van der Waals surface area contributed by atoms with E-state index in [0.29, 0.717) is 0 Å². The number of halogens is 6. The lowest BCUT2D eigenvalue weighted by Crippen LogP contribution is -2.18. The van der Waals surface area contributed by atoms with Gasteiger partial charge in [0.2, 0.25) is 0 Å². The first-order valence-corrected chi connectivity index (χ1v) is 6.37. The molecule has 0 radical (unpaired) electrons. The summed E-state index contributed by atoms with van der Waals surface area (Å²) in [6.45, 7) is -0.243. The molecule has 2 rings (SSSR count). The van der Waals surface area contributed by atoms with Gasteiger partial charge in [-0.1, -0.05) is 30.3 Å². The van der Waals surface area contributed by atoms with Gasteiger partial charge in [0, 0.05) is 12.1 Å². The number of benzene rings is 2. The van der Waals surface area contributed by atoms with Crippen molar-refractivity contribution in [2.75, 3.05) is 0 Å². The van der Waals surface area contributed by atoms with Crippen LogP contribution in [0, 0.1) is 0 Å². The molecule has 0 fully saturated rings. The smallest absolute Gasteiger partial charge is 0.405 e. The predicted molar refractivity (Wildman–Crippen MR) is 71.5 cm³/mol. The van der Waals surface area contributed by atoms with E-state index in [4.69, 9.17) is 5.73 Å². The van der Waals surface area contributed by atoms with Gasteiger partial charge in [0.1, 0.15) is 5.75 Å². The van der Waals surface area contributed by atoms with Gasteiger partial charge in [-0.3, -0.25) is 0 Å². The first-order chi connectivity index (χ1) is 10.6. The fourth-order valence-corrected chi connectivity index (χ4v) is 2.09. The topological polar surface area (TPSA) is 35.2 Å².